The van der Waals surface area contributed by atoms with E-state index >= 15 is 0 Å². The molecule has 0 aliphatic carbocycles. The predicted molar refractivity (Wildman–Crippen MR) is 60.8 cm³/mol. The third-order valence-electron chi connectivity index (χ3n) is 1.66. The van der Waals surface area contributed by atoms with Gasteiger partial charge in [0.1, 0.15) is 9.79 Å². The Hall–Kier alpha value is -1.16. The summed E-state index contributed by atoms with van der Waals surface area (Å²) in [4.78, 5) is 1.28. The molecule has 1 aromatic carbocycles. The molecular weight excluding hydrogens is 290 g/mol. The van der Waals surface area contributed by atoms with Crippen LogP contribution < -0.4 is 0 Å². The fourth-order valence-electron chi connectivity index (χ4n) is 1.10. The van der Waals surface area contributed by atoms with Gasteiger partial charge >= 0.3 is 0 Å². The minimum atomic E-state index is -4.89. The molecule has 0 fully saturated rings. The van der Waals surface area contributed by atoms with Gasteiger partial charge in [-0.25, -0.2) is 0 Å². The van der Waals surface area contributed by atoms with Crippen LogP contribution in [0.3, 0.4) is 0 Å². The van der Waals surface area contributed by atoms with Crippen molar-refractivity contribution in [3.63, 3.8) is 0 Å². The first kappa shape index (κ1) is 13.9. The van der Waals surface area contributed by atoms with Crippen molar-refractivity contribution < 1.29 is 25.9 Å². The zero-order valence-corrected chi connectivity index (χ0v) is 10.4. The molecule has 1 rings (SSSR count). The summed E-state index contributed by atoms with van der Waals surface area (Å²) in [5, 5.41) is 1.83. The van der Waals surface area contributed by atoms with Crippen LogP contribution in [0.1, 0.15) is 0 Å². The minimum Gasteiger partial charge on any atom is -0.282 e. The van der Waals surface area contributed by atoms with Crippen molar-refractivity contribution in [2.24, 2.45) is 4.99 Å². The summed E-state index contributed by atoms with van der Waals surface area (Å²) in [6.45, 7) is 0. The molecule has 0 radical (unpaired) electrons. The Bertz CT molecular complexity index is 699. The van der Waals surface area contributed by atoms with E-state index in [0.29, 0.717) is 0 Å². The van der Waals surface area contributed by atoms with Gasteiger partial charge in [-0.1, -0.05) is 6.07 Å². The van der Waals surface area contributed by atoms with Crippen molar-refractivity contribution in [3.05, 3.63) is 18.2 Å². The summed E-state index contributed by atoms with van der Waals surface area (Å²) in [5.41, 5.74) is -0.433. The maximum atomic E-state index is 11.1. The van der Waals surface area contributed by atoms with Crippen LogP contribution in [0.25, 0.3) is 0 Å². The monoisotopic (exact) mass is 295 g/mol. The fourth-order valence-corrected chi connectivity index (χ4v) is 3.12. The largest absolute Gasteiger partial charge is 0.298 e. The smallest absolute Gasteiger partial charge is 0.282 e. The maximum Gasteiger partial charge on any atom is 0.298 e. The molecule has 0 saturated carbocycles. The van der Waals surface area contributed by atoms with E-state index in [1.54, 1.807) is 0 Å². The van der Waals surface area contributed by atoms with Crippen molar-refractivity contribution in [1.82, 2.24) is 0 Å². The SMILES string of the molecule is O=S(=O)(O)c1cccc(N=C=S)c1S(=O)(=O)O. The molecule has 0 saturated heterocycles. The van der Waals surface area contributed by atoms with Crippen molar-refractivity contribution in [2.75, 3.05) is 0 Å². The van der Waals surface area contributed by atoms with Crippen molar-refractivity contribution in [1.29, 1.82) is 0 Å². The van der Waals surface area contributed by atoms with Gasteiger partial charge in [0.15, 0.2) is 0 Å². The summed E-state index contributed by atoms with van der Waals surface area (Å²) in [6.07, 6.45) is 0. The molecule has 0 aliphatic heterocycles. The lowest BCUT2D eigenvalue weighted by molar-refractivity contribution is 0.467. The van der Waals surface area contributed by atoms with Gasteiger partial charge in [0, 0.05) is 0 Å². The molecule has 0 heterocycles. The van der Waals surface area contributed by atoms with Gasteiger partial charge in [-0.2, -0.15) is 21.8 Å². The average Bonchev–Trinajstić information content (AvgIpc) is 2.14. The third-order valence-corrected chi connectivity index (χ3v) is 3.72. The predicted octanol–water partition coefficient (Wildman–Crippen LogP) is 0.914. The molecular formula is C7H5NO6S3. The fraction of sp³-hybridized carbons (Fsp3) is 0. The second-order valence-corrected chi connectivity index (χ2v) is 5.69. The highest BCUT2D eigenvalue weighted by Crippen LogP contribution is 2.30. The molecule has 0 aromatic heterocycles. The number of hydrogen-bond donors (Lipinski definition) is 2. The Balaban J connectivity index is 3.89. The highest BCUT2D eigenvalue weighted by molar-refractivity contribution is 7.89. The summed E-state index contributed by atoms with van der Waals surface area (Å²) in [6, 6.07) is 3.03. The second-order valence-electron chi connectivity index (χ2n) is 2.76. The zero-order valence-electron chi connectivity index (χ0n) is 7.93. The number of hydrogen-bond acceptors (Lipinski definition) is 6. The van der Waals surface area contributed by atoms with E-state index in [1.807, 2.05) is 5.16 Å². The molecule has 0 atom stereocenters. The molecule has 0 aliphatic rings. The number of benzene rings is 1. The summed E-state index contributed by atoms with van der Waals surface area (Å²) in [5.74, 6) is 0. The first-order valence-corrected chi connectivity index (χ1v) is 7.12. The number of aliphatic imine (C=N–C) groups is 1. The van der Waals surface area contributed by atoms with Crippen LogP contribution in [0.5, 0.6) is 0 Å². The van der Waals surface area contributed by atoms with Crippen molar-refractivity contribution in [3.8, 4) is 0 Å². The molecule has 10 heteroatoms. The molecule has 0 spiro atoms. The van der Waals surface area contributed by atoms with Crippen LogP contribution in [0.15, 0.2) is 33.0 Å². The molecule has 17 heavy (non-hydrogen) atoms. The standard InChI is InChI=1S/C7H5NO6S3/c9-16(10,11)6-3-1-2-5(8-4-15)7(6)17(12,13)14/h1-3H,(H,9,10,11)(H,12,13,14). The Morgan fingerprint density at radius 2 is 1.71 bits per heavy atom. The van der Waals surface area contributed by atoms with E-state index in [4.69, 9.17) is 9.11 Å². The van der Waals surface area contributed by atoms with Crippen LogP contribution in [0.2, 0.25) is 0 Å². The summed E-state index contributed by atoms with van der Waals surface area (Å²) in [7, 11) is -9.71. The lowest BCUT2D eigenvalue weighted by Gasteiger charge is -2.05. The van der Waals surface area contributed by atoms with E-state index in [-0.39, 0.29) is 0 Å². The van der Waals surface area contributed by atoms with E-state index in [2.05, 4.69) is 17.2 Å². The van der Waals surface area contributed by atoms with Gasteiger partial charge in [0.25, 0.3) is 20.2 Å². The van der Waals surface area contributed by atoms with Gasteiger partial charge in [-0.05, 0) is 24.4 Å². The van der Waals surface area contributed by atoms with E-state index < -0.39 is 35.7 Å². The van der Waals surface area contributed by atoms with Crippen LogP contribution in [-0.2, 0) is 20.2 Å². The lowest BCUT2D eigenvalue weighted by Crippen LogP contribution is -2.08. The first-order valence-electron chi connectivity index (χ1n) is 3.84. The summed E-state index contributed by atoms with van der Waals surface area (Å²) >= 11 is 4.25. The second kappa shape index (κ2) is 4.61. The Labute approximate surface area is 102 Å². The summed E-state index contributed by atoms with van der Waals surface area (Å²) < 4.78 is 61.8. The number of nitrogens with zero attached hydrogens (tertiary/aromatic N) is 1. The van der Waals surface area contributed by atoms with Crippen molar-refractivity contribution >= 4 is 43.3 Å². The number of isothiocyanates is 1. The highest BCUT2D eigenvalue weighted by atomic mass is 32.2. The Morgan fingerprint density at radius 1 is 1.12 bits per heavy atom. The molecule has 92 valence electrons. The number of thiocarbonyl (C=S) groups is 1. The Morgan fingerprint density at radius 3 is 2.12 bits per heavy atom. The third kappa shape index (κ3) is 3.16. The van der Waals surface area contributed by atoms with Crippen LogP contribution in [0, 0.1) is 0 Å². The van der Waals surface area contributed by atoms with Gasteiger partial charge in [0.05, 0.1) is 10.8 Å². The molecule has 1 aromatic rings. The van der Waals surface area contributed by atoms with Crippen LogP contribution >= 0.6 is 12.2 Å². The molecule has 2 N–H and O–H groups in total. The van der Waals surface area contributed by atoms with E-state index in [1.165, 1.54) is 0 Å². The molecule has 7 nitrogen and oxygen atoms in total. The molecule has 0 unspecified atom stereocenters. The molecule has 0 bridgehead atoms. The quantitative estimate of drug-likeness (QED) is 0.483. The van der Waals surface area contributed by atoms with Crippen LogP contribution in [0.4, 0.5) is 5.69 Å². The maximum absolute atomic E-state index is 11.1. The normalized spacial score (nSPS) is 11.9. The highest BCUT2D eigenvalue weighted by Gasteiger charge is 2.27. The van der Waals surface area contributed by atoms with Crippen LogP contribution in [-0.4, -0.2) is 31.1 Å². The van der Waals surface area contributed by atoms with Gasteiger partial charge in [-0.15, -0.1) is 0 Å². The van der Waals surface area contributed by atoms with Gasteiger partial charge in [-0.3, -0.25) is 9.11 Å². The van der Waals surface area contributed by atoms with E-state index in [9.17, 15) is 16.8 Å². The number of rotatable bonds is 3. The zero-order chi connectivity index (χ0) is 13.3. The average molecular weight is 295 g/mol. The lowest BCUT2D eigenvalue weighted by atomic mass is 10.3. The first-order chi connectivity index (χ1) is 7.68. The van der Waals surface area contributed by atoms with Gasteiger partial charge in [0.2, 0.25) is 0 Å². The van der Waals surface area contributed by atoms with Gasteiger partial charge < -0.3 is 0 Å². The van der Waals surface area contributed by atoms with E-state index in [0.717, 1.165) is 18.2 Å². The molecule has 0 amide bonds. The minimum absolute atomic E-state index is 0.433. The Kier molecular flexibility index (Phi) is 3.77. The van der Waals surface area contributed by atoms with Crippen molar-refractivity contribution in [2.45, 2.75) is 9.79 Å². The topological polar surface area (TPSA) is 121 Å².